The Bertz CT molecular complexity index is 3420. The fourth-order valence-electron chi connectivity index (χ4n) is 13.1. The fraction of sp³-hybridized carbons (Fsp3) is 0. The van der Waals surface area contributed by atoms with E-state index in [0.29, 0.717) is 0 Å². The first-order valence-corrected chi connectivity index (χ1v) is 22.0. The van der Waals surface area contributed by atoms with Gasteiger partial charge in [0.2, 0.25) is 0 Å². The minimum Gasteiger partial charge on any atom is -0.453 e. The molecule has 8 heterocycles. The molecule has 17 rings (SSSR count). The Hall–Kier alpha value is -8.03. The average molecular weight is 798 g/mol. The Morgan fingerprint density at radius 3 is 1.17 bits per heavy atom. The van der Waals surface area contributed by atoms with Crippen LogP contribution in [0.2, 0.25) is 0 Å². The number of rotatable bonds is 2. The summed E-state index contributed by atoms with van der Waals surface area (Å²) in [6.07, 6.45) is 0. The molecule has 8 aliphatic heterocycles. The molecule has 0 N–H and O–H groups in total. The lowest BCUT2D eigenvalue weighted by Crippen LogP contribution is -2.73. The first-order chi connectivity index (χ1) is 31.3. The third-order valence-electron chi connectivity index (χ3n) is 15.1. The maximum atomic E-state index is 7.08. The van der Waals surface area contributed by atoms with Gasteiger partial charge in [0.25, 0.3) is 20.1 Å². The number of benzene rings is 9. The van der Waals surface area contributed by atoms with E-state index < -0.39 is 0 Å². The molecule has 6 nitrogen and oxygen atoms in total. The molecule has 0 amide bonds. The van der Waals surface area contributed by atoms with Gasteiger partial charge in [0.15, 0.2) is 23.0 Å². The van der Waals surface area contributed by atoms with Gasteiger partial charge in [-0.15, -0.1) is 0 Å². The average Bonchev–Trinajstić information content (AvgIpc) is 3.34. The second-order valence-electron chi connectivity index (χ2n) is 17.9. The first kappa shape index (κ1) is 31.8. The van der Waals surface area contributed by atoms with Crippen molar-refractivity contribution in [1.29, 1.82) is 0 Å². The highest BCUT2D eigenvalue weighted by molar-refractivity contribution is 7.08. The number of nitrogens with zero attached hydrogens (tertiary/aromatic N) is 4. The first-order valence-electron chi connectivity index (χ1n) is 22.0. The minimum atomic E-state index is -0.0461. The molecule has 286 valence electrons. The van der Waals surface area contributed by atoms with Crippen molar-refractivity contribution in [3.05, 3.63) is 176 Å². The van der Waals surface area contributed by atoms with Gasteiger partial charge >= 0.3 is 0 Å². The third kappa shape index (κ3) is 3.50. The standard InChI is InChI=1S/C54H29B3N4O2/c1-3-13-30(14-4-1)58-38-21-9-7-17-32(38)55-36-29-37-52-48-51(36)60-49-34(19-11-23-42(49)62-44-27-25-40(58)46(55)53(44)60)57(48)35-20-12-24-43-50(35)61(52)54-45(63-43)28-26-41-47(54)56(37)33-18-8-10-22-39(33)59(41)31-15-5-2-6-16-31/h1-29H. The van der Waals surface area contributed by atoms with Crippen LogP contribution in [0, 0.1) is 0 Å². The van der Waals surface area contributed by atoms with Crippen molar-refractivity contribution in [3.63, 3.8) is 0 Å². The normalized spacial score (nSPS) is 15.3. The molecule has 9 aromatic rings. The molecule has 8 aliphatic rings. The van der Waals surface area contributed by atoms with E-state index >= 15 is 0 Å². The van der Waals surface area contributed by atoms with Crippen molar-refractivity contribution < 1.29 is 9.47 Å². The van der Waals surface area contributed by atoms with Crippen molar-refractivity contribution in [3.8, 4) is 23.0 Å². The molecule has 63 heavy (non-hydrogen) atoms. The van der Waals surface area contributed by atoms with E-state index in [9.17, 15) is 0 Å². The lowest BCUT2D eigenvalue weighted by atomic mass is 9.25. The van der Waals surface area contributed by atoms with Gasteiger partial charge in [-0.1, -0.05) is 103 Å². The van der Waals surface area contributed by atoms with E-state index in [-0.39, 0.29) is 20.1 Å². The molecule has 0 unspecified atom stereocenters. The highest BCUT2D eigenvalue weighted by Gasteiger charge is 2.58. The lowest BCUT2D eigenvalue weighted by Gasteiger charge is -2.54. The zero-order valence-electron chi connectivity index (χ0n) is 33.6. The molecule has 9 heteroatoms. The van der Waals surface area contributed by atoms with Crippen LogP contribution in [0.25, 0.3) is 0 Å². The van der Waals surface area contributed by atoms with Crippen LogP contribution in [-0.4, -0.2) is 20.1 Å². The van der Waals surface area contributed by atoms with Gasteiger partial charge in [-0.3, -0.25) is 0 Å². The van der Waals surface area contributed by atoms with Gasteiger partial charge in [0.1, 0.15) is 0 Å². The Labute approximate surface area is 364 Å². The van der Waals surface area contributed by atoms with E-state index in [2.05, 4.69) is 196 Å². The molecule has 0 radical (unpaired) electrons. The minimum absolute atomic E-state index is 0.0424. The highest BCUT2D eigenvalue weighted by Crippen LogP contribution is 2.59. The van der Waals surface area contributed by atoms with E-state index in [1.807, 2.05) is 0 Å². The Balaban J connectivity index is 1.05. The van der Waals surface area contributed by atoms with E-state index in [1.165, 1.54) is 83.3 Å². The summed E-state index contributed by atoms with van der Waals surface area (Å²) in [7, 11) is 0. The van der Waals surface area contributed by atoms with E-state index in [4.69, 9.17) is 9.47 Å². The quantitative estimate of drug-likeness (QED) is 0.172. The molecule has 9 aromatic carbocycles. The molecule has 0 bridgehead atoms. The van der Waals surface area contributed by atoms with Crippen LogP contribution >= 0.6 is 0 Å². The highest BCUT2D eigenvalue weighted by atomic mass is 16.5. The SMILES string of the molecule is c1ccc(N2c3ccccc3B3c4cc5c6c7c4N4c8c(cccc8B7c7cccc8c7N6c6c(ccc7c6B5c5ccccc5N7c5ccccc5)O8)Oc5ccc2c3c54)cc1. The summed E-state index contributed by atoms with van der Waals surface area (Å²) in [4.78, 5) is 10.2. The summed E-state index contributed by atoms with van der Waals surface area (Å²) >= 11 is 0. The molecule has 0 aromatic heterocycles. The smallest absolute Gasteiger partial charge is 0.252 e. The zero-order valence-corrected chi connectivity index (χ0v) is 33.6. The van der Waals surface area contributed by atoms with Crippen LogP contribution in [0.1, 0.15) is 0 Å². The van der Waals surface area contributed by atoms with E-state index in [1.54, 1.807) is 0 Å². The van der Waals surface area contributed by atoms with Crippen LogP contribution in [-0.2, 0) is 0 Å². The number of para-hydroxylation sites is 6. The van der Waals surface area contributed by atoms with Gasteiger partial charge in [-0.25, -0.2) is 0 Å². The van der Waals surface area contributed by atoms with Gasteiger partial charge in [0.05, 0.1) is 22.7 Å². The number of hydrogen-bond donors (Lipinski definition) is 0. The van der Waals surface area contributed by atoms with Crippen molar-refractivity contribution in [2.75, 3.05) is 19.6 Å². The molecular weight excluding hydrogens is 769 g/mol. The van der Waals surface area contributed by atoms with Crippen molar-refractivity contribution in [1.82, 2.24) is 0 Å². The topological polar surface area (TPSA) is 31.4 Å². The van der Waals surface area contributed by atoms with Crippen LogP contribution < -0.4 is 78.2 Å². The second kappa shape index (κ2) is 10.7. The molecule has 0 fully saturated rings. The summed E-state index contributed by atoms with van der Waals surface area (Å²) in [6, 6.07) is 64.9. The van der Waals surface area contributed by atoms with Crippen LogP contribution in [0.4, 0.5) is 68.2 Å². The Kier molecular flexibility index (Phi) is 5.40. The fourth-order valence-corrected chi connectivity index (χ4v) is 13.1. The Morgan fingerprint density at radius 2 is 0.683 bits per heavy atom. The molecular formula is C54H29B3N4O2. The third-order valence-corrected chi connectivity index (χ3v) is 15.1. The number of hydrogen-bond acceptors (Lipinski definition) is 6. The summed E-state index contributed by atoms with van der Waals surface area (Å²) < 4.78 is 14.2. The van der Waals surface area contributed by atoms with Gasteiger partial charge in [-0.2, -0.15) is 0 Å². The molecule has 0 saturated heterocycles. The zero-order chi connectivity index (χ0) is 40.4. The second-order valence-corrected chi connectivity index (χ2v) is 17.9. The summed E-state index contributed by atoms with van der Waals surface area (Å²) in [5.74, 6) is 3.59. The molecule has 0 atom stereocenters. The van der Waals surface area contributed by atoms with E-state index in [0.717, 1.165) is 57.1 Å². The number of anilines is 12. The van der Waals surface area contributed by atoms with Gasteiger partial charge in [0, 0.05) is 45.5 Å². The molecule has 0 spiro atoms. The maximum Gasteiger partial charge on any atom is 0.252 e. The maximum absolute atomic E-state index is 7.08. The summed E-state index contributed by atoms with van der Waals surface area (Å²) in [6.45, 7) is -0.131. The lowest BCUT2D eigenvalue weighted by molar-refractivity contribution is 0.477. The monoisotopic (exact) mass is 798 g/mol. The van der Waals surface area contributed by atoms with Crippen molar-refractivity contribution in [2.24, 2.45) is 0 Å². The summed E-state index contributed by atoms with van der Waals surface area (Å²) in [5.41, 5.74) is 26.0. The molecule has 0 aliphatic carbocycles. The van der Waals surface area contributed by atoms with Gasteiger partial charge < -0.3 is 29.1 Å². The predicted molar refractivity (Wildman–Crippen MR) is 259 cm³/mol. The van der Waals surface area contributed by atoms with Crippen LogP contribution in [0.15, 0.2) is 176 Å². The van der Waals surface area contributed by atoms with Crippen molar-refractivity contribution >= 4 is 138 Å². The Morgan fingerprint density at radius 1 is 0.270 bits per heavy atom. The number of fused-ring (bicyclic) bond motifs is 8. The van der Waals surface area contributed by atoms with Crippen molar-refractivity contribution in [2.45, 2.75) is 0 Å². The van der Waals surface area contributed by atoms with Gasteiger partial charge in [-0.05, 0) is 122 Å². The summed E-state index contributed by atoms with van der Waals surface area (Å²) in [5, 5.41) is 0. The largest absolute Gasteiger partial charge is 0.453 e. The van der Waals surface area contributed by atoms with Crippen LogP contribution in [0.5, 0.6) is 23.0 Å². The number of ether oxygens (including phenoxy) is 2. The van der Waals surface area contributed by atoms with Crippen LogP contribution in [0.3, 0.4) is 0 Å². The molecule has 0 saturated carbocycles. The predicted octanol–water partition coefficient (Wildman–Crippen LogP) is 7.21.